The molecule has 0 radical (unpaired) electrons. The first kappa shape index (κ1) is 28.4. The van der Waals surface area contributed by atoms with Gasteiger partial charge in [-0.25, -0.2) is 0 Å². The average molecular weight is 483 g/mol. The first-order valence-corrected chi connectivity index (χ1v) is 14.3. The molecule has 3 fully saturated rings. The zero-order chi connectivity index (χ0) is 25.3. The highest BCUT2D eigenvalue weighted by atomic mass is 16.7. The van der Waals surface area contributed by atoms with E-state index in [2.05, 4.69) is 76.2 Å². The SMILES string of the molecule is CCC1OC(O[C@@H]2C(CC)O[C@@H](O[C@@H]3C(CC)O[C@@H](C)C(C)[C@H]3C)C(C)[C@H]2C)[C@@H](C)[C@@H](C)[C@@H]1C. The quantitative estimate of drug-likeness (QED) is 0.405. The molecule has 3 aliphatic heterocycles. The predicted octanol–water partition coefficient (Wildman–Crippen LogP) is 6.68. The average Bonchev–Trinajstić information content (AvgIpc) is 2.83. The van der Waals surface area contributed by atoms with Gasteiger partial charge in [0.2, 0.25) is 0 Å². The number of hydrogen-bond acceptors (Lipinski definition) is 5. The van der Waals surface area contributed by atoms with E-state index >= 15 is 0 Å². The van der Waals surface area contributed by atoms with Crippen LogP contribution in [-0.2, 0) is 23.7 Å². The second kappa shape index (κ2) is 11.9. The van der Waals surface area contributed by atoms with Crippen molar-refractivity contribution in [2.24, 2.45) is 41.4 Å². The second-order valence-electron chi connectivity index (χ2n) is 11.9. The molecule has 3 rings (SSSR count). The summed E-state index contributed by atoms with van der Waals surface area (Å²) in [5.41, 5.74) is 0. The Hall–Kier alpha value is -0.200. The van der Waals surface area contributed by atoms with Gasteiger partial charge in [-0.05, 0) is 55.8 Å². The minimum Gasteiger partial charge on any atom is -0.372 e. The van der Waals surface area contributed by atoms with Gasteiger partial charge in [0.15, 0.2) is 12.6 Å². The molecule has 0 amide bonds. The normalized spacial score (nSPS) is 52.5. The van der Waals surface area contributed by atoms with Gasteiger partial charge in [0, 0.05) is 11.8 Å². The molecule has 0 aromatic heterocycles. The molecule has 200 valence electrons. The fraction of sp³-hybridized carbons (Fsp3) is 1.00. The molecule has 0 N–H and O–H groups in total. The van der Waals surface area contributed by atoms with Crippen LogP contribution < -0.4 is 0 Å². The Morgan fingerprint density at radius 3 is 1.35 bits per heavy atom. The first-order chi connectivity index (χ1) is 16.0. The lowest BCUT2D eigenvalue weighted by atomic mass is 9.78. The Morgan fingerprint density at radius 2 is 0.853 bits per heavy atom. The Balaban J connectivity index is 1.72. The molecule has 0 aliphatic carbocycles. The number of hydrogen-bond donors (Lipinski definition) is 0. The summed E-state index contributed by atoms with van der Waals surface area (Å²) in [6.07, 6.45) is 3.16. The fourth-order valence-corrected chi connectivity index (χ4v) is 6.46. The van der Waals surface area contributed by atoms with E-state index in [0.29, 0.717) is 35.5 Å². The van der Waals surface area contributed by atoms with Crippen LogP contribution in [0, 0.1) is 41.4 Å². The van der Waals surface area contributed by atoms with E-state index in [9.17, 15) is 0 Å². The molecule has 0 bridgehead atoms. The molecule has 3 saturated heterocycles. The van der Waals surface area contributed by atoms with Gasteiger partial charge in [0.25, 0.3) is 0 Å². The monoisotopic (exact) mass is 482 g/mol. The van der Waals surface area contributed by atoms with Crippen molar-refractivity contribution in [3.8, 4) is 0 Å². The molecule has 6 unspecified atom stereocenters. The van der Waals surface area contributed by atoms with Crippen molar-refractivity contribution in [3.63, 3.8) is 0 Å². The van der Waals surface area contributed by atoms with Gasteiger partial charge in [0.05, 0.1) is 36.6 Å². The van der Waals surface area contributed by atoms with E-state index in [-0.39, 0.29) is 55.1 Å². The van der Waals surface area contributed by atoms with E-state index < -0.39 is 0 Å². The maximum Gasteiger partial charge on any atom is 0.161 e. The number of rotatable bonds is 7. The molecule has 0 spiro atoms. The Bertz CT molecular complexity index is 622. The highest BCUT2D eigenvalue weighted by Crippen LogP contribution is 2.42. The zero-order valence-electron chi connectivity index (χ0n) is 23.8. The summed E-state index contributed by atoms with van der Waals surface area (Å²) in [6.45, 7) is 24.9. The smallest absolute Gasteiger partial charge is 0.161 e. The second-order valence-corrected chi connectivity index (χ2v) is 11.9. The summed E-state index contributed by atoms with van der Waals surface area (Å²) in [6, 6.07) is 0. The molecule has 34 heavy (non-hydrogen) atoms. The highest BCUT2D eigenvalue weighted by Gasteiger charge is 2.48. The van der Waals surface area contributed by atoms with Crippen LogP contribution in [0.15, 0.2) is 0 Å². The lowest BCUT2D eigenvalue weighted by Gasteiger charge is -2.51. The largest absolute Gasteiger partial charge is 0.372 e. The van der Waals surface area contributed by atoms with E-state index in [1.54, 1.807) is 0 Å². The predicted molar refractivity (Wildman–Crippen MR) is 136 cm³/mol. The van der Waals surface area contributed by atoms with Crippen molar-refractivity contribution in [1.29, 1.82) is 0 Å². The molecule has 0 aromatic carbocycles. The molecule has 0 aromatic rings. The third-order valence-corrected chi connectivity index (χ3v) is 10.1. The van der Waals surface area contributed by atoms with Gasteiger partial charge in [-0.1, -0.05) is 69.2 Å². The van der Waals surface area contributed by atoms with Crippen LogP contribution in [0.4, 0.5) is 0 Å². The summed E-state index contributed by atoms with van der Waals surface area (Å²) in [7, 11) is 0. The van der Waals surface area contributed by atoms with Crippen molar-refractivity contribution in [3.05, 3.63) is 0 Å². The maximum atomic E-state index is 6.79. The Morgan fingerprint density at radius 1 is 0.441 bits per heavy atom. The van der Waals surface area contributed by atoms with Crippen LogP contribution in [0.5, 0.6) is 0 Å². The summed E-state index contributed by atoms with van der Waals surface area (Å²) in [4.78, 5) is 0. The first-order valence-electron chi connectivity index (χ1n) is 14.3. The van der Waals surface area contributed by atoms with E-state index in [0.717, 1.165) is 19.3 Å². The maximum absolute atomic E-state index is 6.79. The summed E-state index contributed by atoms with van der Waals surface area (Å²) >= 11 is 0. The van der Waals surface area contributed by atoms with Gasteiger partial charge < -0.3 is 23.7 Å². The minimum absolute atomic E-state index is 0.00188. The van der Waals surface area contributed by atoms with Crippen LogP contribution in [0.3, 0.4) is 0 Å². The van der Waals surface area contributed by atoms with Gasteiger partial charge >= 0.3 is 0 Å². The van der Waals surface area contributed by atoms with Crippen molar-refractivity contribution in [2.45, 2.75) is 145 Å². The molecule has 0 saturated carbocycles. The molecule has 3 heterocycles. The molecule has 5 nitrogen and oxygen atoms in total. The topological polar surface area (TPSA) is 46.2 Å². The lowest BCUT2D eigenvalue weighted by Crippen LogP contribution is -2.57. The Labute approximate surface area is 210 Å². The zero-order valence-corrected chi connectivity index (χ0v) is 23.8. The molecular formula is C29H54O5. The van der Waals surface area contributed by atoms with E-state index in [1.165, 1.54) is 0 Å². The van der Waals surface area contributed by atoms with Crippen molar-refractivity contribution >= 4 is 0 Å². The van der Waals surface area contributed by atoms with Crippen LogP contribution >= 0.6 is 0 Å². The Kier molecular flexibility index (Phi) is 9.93. The fourth-order valence-electron chi connectivity index (χ4n) is 6.46. The molecular weight excluding hydrogens is 428 g/mol. The van der Waals surface area contributed by atoms with E-state index in [1.807, 2.05) is 0 Å². The molecule has 5 heteroatoms. The van der Waals surface area contributed by atoms with Gasteiger partial charge in [-0.15, -0.1) is 0 Å². The summed E-state index contributed by atoms with van der Waals surface area (Å²) < 4.78 is 33.1. The van der Waals surface area contributed by atoms with Crippen LogP contribution in [0.25, 0.3) is 0 Å². The van der Waals surface area contributed by atoms with Crippen LogP contribution in [-0.4, -0.2) is 49.2 Å². The molecule has 3 aliphatic rings. The third-order valence-electron chi connectivity index (χ3n) is 10.1. The minimum atomic E-state index is -0.238. The summed E-state index contributed by atoms with van der Waals surface area (Å²) in [5.74, 6) is 2.91. The lowest BCUT2D eigenvalue weighted by molar-refractivity contribution is -0.339. The third kappa shape index (κ3) is 5.54. The summed E-state index contributed by atoms with van der Waals surface area (Å²) in [5, 5.41) is 0. The van der Waals surface area contributed by atoms with Gasteiger partial charge in [0.1, 0.15) is 0 Å². The van der Waals surface area contributed by atoms with Crippen LogP contribution in [0.2, 0.25) is 0 Å². The van der Waals surface area contributed by atoms with Crippen molar-refractivity contribution < 1.29 is 23.7 Å². The van der Waals surface area contributed by atoms with Gasteiger partial charge in [-0.3, -0.25) is 0 Å². The molecule has 15 atom stereocenters. The number of ether oxygens (including phenoxy) is 5. The van der Waals surface area contributed by atoms with Gasteiger partial charge in [-0.2, -0.15) is 0 Å². The highest BCUT2D eigenvalue weighted by molar-refractivity contribution is 4.92. The van der Waals surface area contributed by atoms with Crippen molar-refractivity contribution in [1.82, 2.24) is 0 Å². The van der Waals surface area contributed by atoms with Crippen LogP contribution in [0.1, 0.15) is 95.4 Å². The van der Waals surface area contributed by atoms with Crippen molar-refractivity contribution in [2.75, 3.05) is 0 Å². The standard InChI is InChI=1S/C29H54O5/c1-12-23-17(6)15(4)20(9)28(31-23)34-27-19(8)21(10)29(32-25(27)14-3)33-26-18(7)16(5)22(11)30-24(26)13-2/h15-29H,12-14H2,1-11H3/t15-,16?,17-,18+,19+,20-,21?,22-,23?,24?,25?,26-,27-,28?,29-/m0/s1. The van der Waals surface area contributed by atoms with E-state index in [4.69, 9.17) is 23.7 Å².